The molecule has 0 radical (unpaired) electrons. The van der Waals surface area contributed by atoms with E-state index in [9.17, 15) is 8.42 Å². The molecular formula is C9H20N2O3S. The molecule has 0 aromatic carbocycles. The standard InChI is InChI=1S/C9H20N2O3S/c1-2-14-7-6-11-15(12,13)8-9-4-3-5-10-9/h9-11H,2-8H2,1H3. The Morgan fingerprint density at radius 1 is 1.53 bits per heavy atom. The number of hydrogen-bond donors (Lipinski definition) is 2. The average Bonchev–Trinajstić information content (AvgIpc) is 2.64. The molecule has 0 spiro atoms. The van der Waals surface area contributed by atoms with Crippen LogP contribution < -0.4 is 10.0 Å². The summed E-state index contributed by atoms with van der Waals surface area (Å²) in [6, 6.07) is 0.120. The molecule has 1 heterocycles. The van der Waals surface area contributed by atoms with Crippen LogP contribution in [0.15, 0.2) is 0 Å². The largest absolute Gasteiger partial charge is 0.380 e. The molecule has 1 aliphatic heterocycles. The van der Waals surface area contributed by atoms with Gasteiger partial charge in [0.15, 0.2) is 0 Å². The van der Waals surface area contributed by atoms with Gasteiger partial charge in [0.25, 0.3) is 0 Å². The normalized spacial score (nSPS) is 22.1. The highest BCUT2D eigenvalue weighted by Gasteiger charge is 2.21. The van der Waals surface area contributed by atoms with Crippen LogP contribution in [0.3, 0.4) is 0 Å². The van der Waals surface area contributed by atoms with Crippen molar-refractivity contribution in [2.45, 2.75) is 25.8 Å². The zero-order valence-electron chi connectivity index (χ0n) is 9.16. The Hall–Kier alpha value is -0.170. The quantitative estimate of drug-likeness (QED) is 0.595. The van der Waals surface area contributed by atoms with Crippen LogP contribution in [-0.2, 0) is 14.8 Å². The van der Waals surface area contributed by atoms with Gasteiger partial charge in [-0.2, -0.15) is 0 Å². The third-order valence-corrected chi connectivity index (χ3v) is 3.84. The highest BCUT2D eigenvalue weighted by Crippen LogP contribution is 2.06. The molecule has 0 aromatic heterocycles. The van der Waals surface area contributed by atoms with E-state index in [4.69, 9.17) is 4.74 Å². The Kier molecular flexibility index (Phi) is 5.52. The molecule has 2 N–H and O–H groups in total. The number of hydrogen-bond acceptors (Lipinski definition) is 4. The van der Waals surface area contributed by atoms with E-state index >= 15 is 0 Å². The second-order valence-electron chi connectivity index (χ2n) is 3.67. The summed E-state index contributed by atoms with van der Waals surface area (Å²) in [5, 5.41) is 3.16. The molecule has 6 heteroatoms. The Labute approximate surface area is 91.6 Å². The highest BCUT2D eigenvalue weighted by atomic mass is 32.2. The highest BCUT2D eigenvalue weighted by molar-refractivity contribution is 7.89. The van der Waals surface area contributed by atoms with Gasteiger partial charge < -0.3 is 10.1 Å². The average molecular weight is 236 g/mol. The summed E-state index contributed by atoms with van der Waals surface area (Å²) in [4.78, 5) is 0. The molecule has 90 valence electrons. The van der Waals surface area contributed by atoms with Crippen LogP contribution in [0, 0.1) is 0 Å². The summed E-state index contributed by atoms with van der Waals surface area (Å²) in [6.45, 7) is 4.23. The van der Waals surface area contributed by atoms with Crippen molar-refractivity contribution in [3.05, 3.63) is 0 Å². The smallest absolute Gasteiger partial charge is 0.213 e. The van der Waals surface area contributed by atoms with Crippen LogP contribution in [0.5, 0.6) is 0 Å². The first kappa shape index (κ1) is 12.9. The Morgan fingerprint density at radius 3 is 2.93 bits per heavy atom. The lowest BCUT2D eigenvalue weighted by Crippen LogP contribution is -2.37. The Morgan fingerprint density at radius 2 is 2.33 bits per heavy atom. The maximum Gasteiger partial charge on any atom is 0.213 e. The van der Waals surface area contributed by atoms with E-state index in [-0.39, 0.29) is 11.8 Å². The Bertz CT molecular complexity index is 261. The fraction of sp³-hybridized carbons (Fsp3) is 1.00. The molecule has 0 aromatic rings. The van der Waals surface area contributed by atoms with Crippen molar-refractivity contribution < 1.29 is 13.2 Å². The summed E-state index contributed by atoms with van der Waals surface area (Å²) >= 11 is 0. The second kappa shape index (κ2) is 6.42. The van der Waals surface area contributed by atoms with Crippen LogP contribution in [0.2, 0.25) is 0 Å². The summed E-state index contributed by atoms with van der Waals surface area (Å²) in [5.41, 5.74) is 0. The maximum atomic E-state index is 11.5. The summed E-state index contributed by atoms with van der Waals surface area (Å²) in [7, 11) is -3.14. The monoisotopic (exact) mass is 236 g/mol. The van der Waals surface area contributed by atoms with Gasteiger partial charge in [-0.1, -0.05) is 0 Å². The summed E-state index contributed by atoms with van der Waals surface area (Å²) in [6.07, 6.45) is 2.02. The molecule has 0 bridgehead atoms. The summed E-state index contributed by atoms with van der Waals surface area (Å²) < 4.78 is 30.7. The first-order chi connectivity index (χ1) is 7.14. The van der Waals surface area contributed by atoms with Crippen molar-refractivity contribution >= 4 is 10.0 Å². The minimum Gasteiger partial charge on any atom is -0.380 e. The molecule has 1 saturated heterocycles. The van der Waals surface area contributed by atoms with Crippen molar-refractivity contribution in [1.29, 1.82) is 0 Å². The molecule has 0 amide bonds. The van der Waals surface area contributed by atoms with Gasteiger partial charge in [0.05, 0.1) is 12.4 Å². The first-order valence-electron chi connectivity index (χ1n) is 5.42. The van der Waals surface area contributed by atoms with Gasteiger partial charge in [0.1, 0.15) is 0 Å². The number of ether oxygens (including phenoxy) is 1. The first-order valence-corrected chi connectivity index (χ1v) is 7.08. The van der Waals surface area contributed by atoms with E-state index in [0.29, 0.717) is 19.8 Å². The van der Waals surface area contributed by atoms with Crippen molar-refractivity contribution in [2.75, 3.05) is 32.1 Å². The molecule has 15 heavy (non-hydrogen) atoms. The zero-order valence-corrected chi connectivity index (χ0v) is 9.98. The van der Waals surface area contributed by atoms with Gasteiger partial charge in [-0.3, -0.25) is 0 Å². The van der Waals surface area contributed by atoms with Gasteiger partial charge in [-0.25, -0.2) is 13.1 Å². The van der Waals surface area contributed by atoms with Crippen molar-refractivity contribution in [2.24, 2.45) is 0 Å². The Balaban J connectivity index is 2.19. The van der Waals surface area contributed by atoms with Crippen LogP contribution in [0.25, 0.3) is 0 Å². The van der Waals surface area contributed by atoms with Crippen molar-refractivity contribution in [3.63, 3.8) is 0 Å². The van der Waals surface area contributed by atoms with E-state index in [0.717, 1.165) is 19.4 Å². The van der Waals surface area contributed by atoms with Crippen LogP contribution in [-0.4, -0.2) is 46.5 Å². The van der Waals surface area contributed by atoms with E-state index < -0.39 is 10.0 Å². The fourth-order valence-electron chi connectivity index (χ4n) is 1.64. The van der Waals surface area contributed by atoms with Crippen LogP contribution in [0.4, 0.5) is 0 Å². The molecular weight excluding hydrogens is 216 g/mol. The lowest BCUT2D eigenvalue weighted by Gasteiger charge is -2.11. The molecule has 1 rings (SSSR count). The molecule has 1 atom stereocenters. The molecule has 0 saturated carbocycles. The van der Waals surface area contributed by atoms with Gasteiger partial charge in [-0.05, 0) is 26.3 Å². The minimum absolute atomic E-state index is 0.120. The van der Waals surface area contributed by atoms with E-state index in [1.807, 2.05) is 6.92 Å². The number of rotatable bonds is 7. The van der Waals surface area contributed by atoms with Crippen LogP contribution >= 0.6 is 0 Å². The predicted molar refractivity (Wildman–Crippen MR) is 59.3 cm³/mol. The molecule has 0 aliphatic carbocycles. The molecule has 1 aliphatic rings. The number of nitrogens with one attached hydrogen (secondary N) is 2. The SMILES string of the molecule is CCOCCNS(=O)(=O)CC1CCCN1. The molecule has 1 fully saturated rings. The van der Waals surface area contributed by atoms with Gasteiger partial charge in [0, 0.05) is 19.2 Å². The zero-order chi connectivity index (χ0) is 11.1. The van der Waals surface area contributed by atoms with Crippen molar-refractivity contribution in [1.82, 2.24) is 10.0 Å². The topological polar surface area (TPSA) is 67.4 Å². The maximum absolute atomic E-state index is 11.5. The fourth-order valence-corrected chi connectivity index (χ4v) is 2.96. The molecule has 1 unspecified atom stereocenters. The van der Waals surface area contributed by atoms with Gasteiger partial charge >= 0.3 is 0 Å². The van der Waals surface area contributed by atoms with Crippen molar-refractivity contribution in [3.8, 4) is 0 Å². The predicted octanol–water partition coefficient (Wildman–Crippen LogP) is -0.306. The van der Waals surface area contributed by atoms with Gasteiger partial charge in [0.2, 0.25) is 10.0 Å². The lowest BCUT2D eigenvalue weighted by atomic mass is 10.3. The van der Waals surface area contributed by atoms with Crippen LogP contribution in [0.1, 0.15) is 19.8 Å². The minimum atomic E-state index is -3.14. The number of sulfonamides is 1. The van der Waals surface area contributed by atoms with E-state index in [1.165, 1.54) is 0 Å². The van der Waals surface area contributed by atoms with E-state index in [1.54, 1.807) is 0 Å². The van der Waals surface area contributed by atoms with E-state index in [2.05, 4.69) is 10.0 Å². The van der Waals surface area contributed by atoms with Gasteiger partial charge in [-0.15, -0.1) is 0 Å². The summed E-state index contributed by atoms with van der Waals surface area (Å²) in [5.74, 6) is 0.180. The lowest BCUT2D eigenvalue weighted by molar-refractivity contribution is 0.153. The second-order valence-corrected chi connectivity index (χ2v) is 5.52. The third-order valence-electron chi connectivity index (χ3n) is 2.36. The molecule has 5 nitrogen and oxygen atoms in total. The third kappa shape index (κ3) is 5.46.